The molecule has 3 N–H and O–H groups in total. The zero-order valence-corrected chi connectivity index (χ0v) is 27.9. The summed E-state index contributed by atoms with van der Waals surface area (Å²) in [5.74, 6) is 3.49. The molecule has 0 bridgehead atoms. The van der Waals surface area contributed by atoms with Crippen molar-refractivity contribution in [1.82, 2.24) is 20.8 Å². The second-order valence-corrected chi connectivity index (χ2v) is 17.4. The number of aromatic amines is 1. The topological polar surface area (TPSA) is 79.0 Å². The van der Waals surface area contributed by atoms with Crippen molar-refractivity contribution in [3.8, 4) is 0 Å². The second kappa shape index (κ2) is 10.1. The van der Waals surface area contributed by atoms with E-state index in [0.29, 0.717) is 35.5 Å². The lowest BCUT2D eigenvalue weighted by molar-refractivity contribution is -0.218. The van der Waals surface area contributed by atoms with Gasteiger partial charge in [-0.3, -0.25) is 5.10 Å². The fraction of sp³-hybridized carbons (Fsp3) is 0.838. The van der Waals surface area contributed by atoms with E-state index in [-0.39, 0.29) is 33.2 Å². The maximum absolute atomic E-state index is 13.6. The van der Waals surface area contributed by atoms with Gasteiger partial charge in [-0.05, 0) is 135 Å². The predicted molar refractivity (Wildman–Crippen MR) is 172 cm³/mol. The van der Waals surface area contributed by atoms with Crippen molar-refractivity contribution in [1.29, 1.82) is 0 Å². The van der Waals surface area contributed by atoms with Crippen molar-refractivity contribution in [2.75, 3.05) is 19.8 Å². The molecule has 43 heavy (non-hydrogen) atoms. The van der Waals surface area contributed by atoms with Crippen LogP contribution in [0.5, 0.6) is 0 Å². The Balaban J connectivity index is 1.18. The number of carbonyl (C=O) groups is 1. The largest absolute Gasteiger partial charge is 0.381 e. The molecular formula is C37H58N4O2. The first kappa shape index (κ1) is 29.9. The number of hydrogen-bond donors (Lipinski definition) is 3. The molecule has 1 aromatic heterocycles. The fourth-order valence-electron chi connectivity index (χ4n) is 13.2. The number of ether oxygens (including phenoxy) is 1. The molecule has 7 rings (SSSR count). The molecule has 6 nitrogen and oxygen atoms in total. The lowest BCUT2D eigenvalue weighted by atomic mass is 9.33. The highest BCUT2D eigenvalue weighted by Gasteiger charge is 2.71. The lowest BCUT2D eigenvalue weighted by Crippen LogP contribution is -2.69. The van der Waals surface area contributed by atoms with E-state index >= 15 is 0 Å². The molecule has 1 aromatic rings. The number of amides is 2. The number of H-pyrrole nitrogens is 1. The highest BCUT2D eigenvalue weighted by molar-refractivity contribution is 5.75. The van der Waals surface area contributed by atoms with Gasteiger partial charge in [0.2, 0.25) is 0 Å². The third-order valence-electron chi connectivity index (χ3n) is 15.4. The van der Waals surface area contributed by atoms with Gasteiger partial charge in [0.1, 0.15) is 0 Å². The minimum absolute atomic E-state index is 0.0516. The summed E-state index contributed by atoms with van der Waals surface area (Å²) in [4.78, 5) is 13.6. The normalized spacial score (nSPS) is 45.1. The van der Waals surface area contributed by atoms with E-state index in [1.54, 1.807) is 0 Å². The van der Waals surface area contributed by atoms with Crippen LogP contribution in [0, 0.1) is 51.8 Å². The van der Waals surface area contributed by atoms with Crippen LogP contribution >= 0.6 is 0 Å². The van der Waals surface area contributed by atoms with Crippen LogP contribution in [0.3, 0.4) is 0 Å². The van der Waals surface area contributed by atoms with Crippen molar-refractivity contribution < 1.29 is 9.53 Å². The van der Waals surface area contributed by atoms with Gasteiger partial charge >= 0.3 is 6.03 Å². The van der Waals surface area contributed by atoms with Crippen LogP contribution in [0.4, 0.5) is 4.79 Å². The number of hydrogen-bond acceptors (Lipinski definition) is 3. The van der Waals surface area contributed by atoms with Gasteiger partial charge in [0.05, 0.1) is 6.20 Å². The average molecular weight is 591 g/mol. The highest BCUT2D eigenvalue weighted by Crippen LogP contribution is 2.76. The van der Waals surface area contributed by atoms with E-state index in [1.807, 2.05) is 0 Å². The summed E-state index contributed by atoms with van der Waals surface area (Å²) in [5, 5.41) is 15.0. The van der Waals surface area contributed by atoms with Gasteiger partial charge in [-0.1, -0.05) is 46.8 Å². The maximum Gasteiger partial charge on any atom is 0.315 e. The molecule has 2 heterocycles. The van der Waals surface area contributed by atoms with Gasteiger partial charge in [0.25, 0.3) is 0 Å². The molecule has 0 unspecified atom stereocenters. The van der Waals surface area contributed by atoms with E-state index in [9.17, 15) is 4.79 Å². The van der Waals surface area contributed by atoms with Crippen molar-refractivity contribution >= 4 is 6.03 Å². The molecule has 0 radical (unpaired) electrons. The van der Waals surface area contributed by atoms with Crippen LogP contribution in [0.25, 0.3) is 0 Å². The van der Waals surface area contributed by atoms with Gasteiger partial charge in [-0.25, -0.2) is 4.79 Å². The van der Waals surface area contributed by atoms with Crippen molar-refractivity contribution in [3.63, 3.8) is 0 Å². The first-order valence-corrected chi connectivity index (χ1v) is 17.7. The minimum Gasteiger partial charge on any atom is -0.381 e. The molecule has 1 saturated heterocycles. The molecule has 1 aliphatic heterocycles. The summed E-state index contributed by atoms with van der Waals surface area (Å²) in [5.41, 5.74) is 5.00. The molecule has 4 saturated carbocycles. The average Bonchev–Trinajstić information content (AvgIpc) is 3.58. The quantitative estimate of drug-likeness (QED) is 0.317. The molecule has 0 aromatic carbocycles. The lowest BCUT2D eigenvalue weighted by Gasteiger charge is -2.72. The zero-order valence-electron chi connectivity index (χ0n) is 27.9. The smallest absolute Gasteiger partial charge is 0.315 e. The summed E-state index contributed by atoms with van der Waals surface area (Å²) in [7, 11) is 0. The maximum atomic E-state index is 13.6. The molecule has 6 heteroatoms. The first-order valence-electron chi connectivity index (χ1n) is 17.7. The molecule has 0 spiro atoms. The minimum atomic E-state index is -0.115. The molecule has 238 valence electrons. The van der Waals surface area contributed by atoms with Gasteiger partial charge in [0, 0.05) is 36.4 Å². The summed E-state index contributed by atoms with van der Waals surface area (Å²) in [6, 6.07) is 0.0516. The van der Waals surface area contributed by atoms with Gasteiger partial charge in [-0.2, -0.15) is 5.10 Å². The second-order valence-electron chi connectivity index (χ2n) is 17.4. The Kier molecular flexibility index (Phi) is 7.01. The number of nitrogens with one attached hydrogen (secondary N) is 3. The first-order chi connectivity index (χ1) is 20.4. The molecule has 6 aliphatic rings. The number of aromatic nitrogens is 2. The van der Waals surface area contributed by atoms with Crippen molar-refractivity contribution in [2.24, 2.45) is 51.8 Å². The van der Waals surface area contributed by atoms with Gasteiger partial charge in [0.15, 0.2) is 0 Å². The molecule has 5 fully saturated rings. The van der Waals surface area contributed by atoms with Crippen LogP contribution in [-0.4, -0.2) is 41.5 Å². The Morgan fingerprint density at radius 1 is 0.977 bits per heavy atom. The highest BCUT2D eigenvalue weighted by atomic mass is 16.5. The number of urea groups is 1. The number of carbonyl (C=O) groups excluding carboxylic acids is 1. The van der Waals surface area contributed by atoms with Crippen LogP contribution in [0.15, 0.2) is 18.3 Å². The third-order valence-corrected chi connectivity index (χ3v) is 15.4. The summed E-state index contributed by atoms with van der Waals surface area (Å²) in [6.07, 6.45) is 15.1. The Morgan fingerprint density at radius 2 is 1.74 bits per heavy atom. The van der Waals surface area contributed by atoms with E-state index in [1.165, 1.54) is 48.9 Å². The Hall–Kier alpha value is -1.82. The molecule has 5 aliphatic carbocycles. The molecule has 2 amide bonds. The number of allylic oxidation sites excluding steroid dienone is 1. The monoisotopic (exact) mass is 590 g/mol. The van der Waals surface area contributed by atoms with Crippen LogP contribution in [0.2, 0.25) is 0 Å². The van der Waals surface area contributed by atoms with Crippen LogP contribution < -0.4 is 10.6 Å². The number of rotatable bonds is 4. The Labute approximate surface area is 260 Å². The van der Waals surface area contributed by atoms with Crippen LogP contribution in [-0.2, 0) is 16.6 Å². The molecular weight excluding hydrogens is 532 g/mol. The van der Waals surface area contributed by atoms with Gasteiger partial charge in [-0.15, -0.1) is 0 Å². The van der Waals surface area contributed by atoms with E-state index < -0.39 is 0 Å². The summed E-state index contributed by atoms with van der Waals surface area (Å²) in [6.45, 7) is 22.2. The molecule has 9 atom stereocenters. The van der Waals surface area contributed by atoms with Crippen LogP contribution in [0.1, 0.15) is 117 Å². The summed E-state index contributed by atoms with van der Waals surface area (Å²) >= 11 is 0. The van der Waals surface area contributed by atoms with Gasteiger partial charge < -0.3 is 15.4 Å². The summed E-state index contributed by atoms with van der Waals surface area (Å²) < 4.78 is 5.54. The van der Waals surface area contributed by atoms with E-state index in [2.05, 4.69) is 75.1 Å². The fourth-order valence-corrected chi connectivity index (χ4v) is 13.2. The zero-order chi connectivity index (χ0) is 30.4. The number of nitrogens with zero attached hydrogens (tertiary/aromatic N) is 1. The van der Waals surface area contributed by atoms with E-state index in [4.69, 9.17) is 4.74 Å². The Bertz CT molecular complexity index is 1260. The standard InChI is InChI=1S/C37H58N4O2/c1-23(2)26-10-15-37(40-32(42)38-21-24-12-18-43-19-13-24)17-16-35(6)27(30(26)37)8-9-29-34(5)20-25-22-39-41-31(25)33(3,4)28(34)11-14-36(29,35)7/h22,24,26-30H,1,8-21H2,2-7H3,(H,39,41)(H2,38,40,42)/t26-,27+,28-,29+,30+,34-,35+,36+,37-/m0/s1. The third kappa shape index (κ3) is 4.19. The Morgan fingerprint density at radius 3 is 2.49 bits per heavy atom. The van der Waals surface area contributed by atoms with Crippen molar-refractivity contribution in [3.05, 3.63) is 29.6 Å². The predicted octanol–water partition coefficient (Wildman–Crippen LogP) is 7.56. The number of fused-ring (bicyclic) bond motifs is 8. The SMILES string of the molecule is C=C(C)[C@@H]1CC[C@]2(NC(=O)NCC3CCOCC3)CC[C@]3(C)[C@H](CC[C@@H]4[C@@]5(C)Cc6cn[nH]c6C(C)(C)[C@@H]5CC[C@]43C)[C@@H]12. The van der Waals surface area contributed by atoms with E-state index in [0.717, 1.165) is 58.3 Å². The van der Waals surface area contributed by atoms with Crippen molar-refractivity contribution in [2.45, 2.75) is 123 Å².